The minimum absolute atomic E-state index is 0.00694. The molecule has 2 aromatic rings. The molecule has 0 aliphatic rings. The predicted octanol–water partition coefficient (Wildman–Crippen LogP) is 2.96. The fraction of sp³-hybridized carbons (Fsp3) is 0.154. The fourth-order valence-electron chi connectivity index (χ4n) is 1.52. The summed E-state index contributed by atoms with van der Waals surface area (Å²) in [6.45, 7) is -0.188. The molecule has 0 radical (unpaired) electrons. The van der Waals surface area contributed by atoms with Gasteiger partial charge in [-0.3, -0.25) is 5.32 Å². The van der Waals surface area contributed by atoms with Crippen molar-refractivity contribution in [2.45, 2.75) is 0 Å². The number of carbonyl (C=O) groups is 1. The average molecular weight is 263 g/mol. The van der Waals surface area contributed by atoms with Crippen LogP contribution in [0, 0.1) is 0 Å². The van der Waals surface area contributed by atoms with Crippen LogP contribution in [-0.4, -0.2) is 24.4 Å². The van der Waals surface area contributed by atoms with Gasteiger partial charge in [-0.2, -0.15) is 0 Å². The fourth-order valence-corrected chi connectivity index (χ4v) is 2.29. The molecule has 1 aromatic carbocycles. The monoisotopic (exact) mass is 263 g/mol. The predicted molar refractivity (Wildman–Crippen MR) is 71.8 cm³/mol. The zero-order valence-corrected chi connectivity index (χ0v) is 10.4. The second kappa shape index (κ2) is 6.18. The molecule has 0 fully saturated rings. The van der Waals surface area contributed by atoms with Crippen LogP contribution < -0.4 is 5.32 Å². The number of hydrogen-bond acceptors (Lipinski definition) is 4. The zero-order chi connectivity index (χ0) is 12.8. The first-order valence-corrected chi connectivity index (χ1v) is 6.37. The molecule has 2 rings (SSSR count). The zero-order valence-electron chi connectivity index (χ0n) is 9.63. The van der Waals surface area contributed by atoms with E-state index in [-0.39, 0.29) is 13.2 Å². The van der Waals surface area contributed by atoms with Crippen LogP contribution in [0.4, 0.5) is 10.5 Å². The summed E-state index contributed by atoms with van der Waals surface area (Å²) < 4.78 is 4.77. The van der Waals surface area contributed by atoms with Crippen molar-refractivity contribution in [2.24, 2.45) is 0 Å². The van der Waals surface area contributed by atoms with E-state index in [1.54, 1.807) is 11.3 Å². The van der Waals surface area contributed by atoms with Gasteiger partial charge in [0.1, 0.15) is 6.61 Å². The van der Waals surface area contributed by atoms with E-state index in [1.165, 1.54) is 0 Å². The lowest BCUT2D eigenvalue weighted by molar-refractivity contribution is 0.131. The van der Waals surface area contributed by atoms with E-state index >= 15 is 0 Å². The number of rotatable bonds is 4. The van der Waals surface area contributed by atoms with Gasteiger partial charge in [0.2, 0.25) is 0 Å². The van der Waals surface area contributed by atoms with Gasteiger partial charge in [-0.1, -0.05) is 24.3 Å². The highest BCUT2D eigenvalue weighted by Gasteiger charge is 2.09. The van der Waals surface area contributed by atoms with Gasteiger partial charge in [0, 0.05) is 10.4 Å². The van der Waals surface area contributed by atoms with Gasteiger partial charge in [-0.05, 0) is 17.5 Å². The molecule has 0 saturated heterocycles. The molecule has 0 aliphatic heterocycles. The van der Waals surface area contributed by atoms with Crippen LogP contribution in [0.5, 0.6) is 0 Å². The molecular formula is C13H13NO3S. The number of para-hydroxylation sites is 1. The number of ether oxygens (including phenoxy) is 1. The number of carbonyl (C=O) groups excluding carboxylic acids is 1. The third-order valence-corrected chi connectivity index (χ3v) is 3.18. The Morgan fingerprint density at radius 3 is 2.83 bits per heavy atom. The summed E-state index contributed by atoms with van der Waals surface area (Å²) in [5.41, 5.74) is 1.65. The van der Waals surface area contributed by atoms with E-state index in [0.29, 0.717) is 5.69 Å². The molecule has 0 aliphatic carbocycles. The molecule has 0 saturated carbocycles. The highest BCUT2D eigenvalue weighted by atomic mass is 32.1. The van der Waals surface area contributed by atoms with Crippen molar-refractivity contribution in [2.75, 3.05) is 18.5 Å². The molecule has 94 valence electrons. The number of anilines is 1. The topological polar surface area (TPSA) is 58.6 Å². The standard InChI is InChI=1S/C13H13NO3S/c15-7-8-17-13(16)14-11-5-2-1-4-10(11)12-6-3-9-18-12/h1-6,9,15H,7-8H2,(H,14,16). The number of thiophene rings is 1. The maximum Gasteiger partial charge on any atom is 0.411 e. The van der Waals surface area contributed by atoms with Crippen LogP contribution in [0.3, 0.4) is 0 Å². The smallest absolute Gasteiger partial charge is 0.411 e. The third kappa shape index (κ3) is 3.09. The molecule has 5 heteroatoms. The van der Waals surface area contributed by atoms with Gasteiger partial charge in [-0.15, -0.1) is 11.3 Å². The molecule has 0 unspecified atom stereocenters. The largest absolute Gasteiger partial charge is 0.447 e. The van der Waals surface area contributed by atoms with Gasteiger partial charge >= 0.3 is 6.09 Å². The molecule has 1 aromatic heterocycles. The highest BCUT2D eigenvalue weighted by Crippen LogP contribution is 2.31. The number of aliphatic hydroxyl groups is 1. The SMILES string of the molecule is O=C(Nc1ccccc1-c1cccs1)OCCO. The number of hydrogen-bond donors (Lipinski definition) is 2. The summed E-state index contributed by atoms with van der Waals surface area (Å²) in [5, 5.41) is 13.2. The van der Waals surface area contributed by atoms with Crippen LogP contribution in [0.2, 0.25) is 0 Å². The highest BCUT2D eigenvalue weighted by molar-refractivity contribution is 7.13. The van der Waals surface area contributed by atoms with E-state index in [4.69, 9.17) is 9.84 Å². The number of benzene rings is 1. The lowest BCUT2D eigenvalue weighted by atomic mass is 10.1. The van der Waals surface area contributed by atoms with Crippen molar-refractivity contribution >= 4 is 23.1 Å². The number of amides is 1. The Morgan fingerprint density at radius 1 is 1.28 bits per heavy atom. The van der Waals surface area contributed by atoms with E-state index in [9.17, 15) is 4.79 Å². The summed E-state index contributed by atoms with van der Waals surface area (Å²) in [5.74, 6) is 0. The molecule has 0 spiro atoms. The normalized spacial score (nSPS) is 10.1. The molecule has 1 amide bonds. The average Bonchev–Trinajstić information content (AvgIpc) is 2.91. The summed E-state index contributed by atoms with van der Waals surface area (Å²) >= 11 is 1.60. The summed E-state index contributed by atoms with van der Waals surface area (Å²) in [7, 11) is 0. The Kier molecular flexibility index (Phi) is 4.33. The Labute approximate surface area is 109 Å². The van der Waals surface area contributed by atoms with Crippen LogP contribution >= 0.6 is 11.3 Å². The van der Waals surface area contributed by atoms with Gasteiger partial charge in [-0.25, -0.2) is 4.79 Å². The Hall–Kier alpha value is -1.85. The first-order chi connectivity index (χ1) is 8.81. The van der Waals surface area contributed by atoms with Crippen molar-refractivity contribution in [1.82, 2.24) is 0 Å². The molecular weight excluding hydrogens is 250 g/mol. The van der Waals surface area contributed by atoms with Crippen molar-refractivity contribution in [3.8, 4) is 10.4 Å². The molecule has 0 bridgehead atoms. The quantitative estimate of drug-likeness (QED) is 0.891. The van der Waals surface area contributed by atoms with Gasteiger partial charge < -0.3 is 9.84 Å². The summed E-state index contributed by atoms with van der Waals surface area (Å²) in [6, 6.07) is 11.5. The molecule has 0 atom stereocenters. The first-order valence-electron chi connectivity index (χ1n) is 5.49. The van der Waals surface area contributed by atoms with Gasteiger partial charge in [0.25, 0.3) is 0 Å². The van der Waals surface area contributed by atoms with E-state index in [1.807, 2.05) is 41.8 Å². The van der Waals surface area contributed by atoms with Crippen molar-refractivity contribution in [3.63, 3.8) is 0 Å². The summed E-state index contributed by atoms with van der Waals surface area (Å²) in [4.78, 5) is 12.5. The molecule has 18 heavy (non-hydrogen) atoms. The van der Waals surface area contributed by atoms with E-state index in [0.717, 1.165) is 10.4 Å². The Bertz CT molecular complexity index is 511. The maximum absolute atomic E-state index is 11.5. The second-order valence-electron chi connectivity index (χ2n) is 3.51. The minimum atomic E-state index is -0.562. The van der Waals surface area contributed by atoms with Crippen molar-refractivity contribution in [3.05, 3.63) is 41.8 Å². The second-order valence-corrected chi connectivity index (χ2v) is 4.46. The van der Waals surface area contributed by atoms with Gasteiger partial charge in [0.15, 0.2) is 0 Å². The lowest BCUT2D eigenvalue weighted by Gasteiger charge is -2.09. The van der Waals surface area contributed by atoms with Crippen molar-refractivity contribution < 1.29 is 14.6 Å². The summed E-state index contributed by atoms with van der Waals surface area (Å²) in [6.07, 6.45) is -0.562. The molecule has 1 heterocycles. The maximum atomic E-state index is 11.5. The Morgan fingerprint density at radius 2 is 2.11 bits per heavy atom. The van der Waals surface area contributed by atoms with Crippen LogP contribution in [0.25, 0.3) is 10.4 Å². The Balaban J connectivity index is 2.16. The van der Waals surface area contributed by atoms with Crippen molar-refractivity contribution in [1.29, 1.82) is 0 Å². The lowest BCUT2D eigenvalue weighted by Crippen LogP contribution is -2.16. The van der Waals surface area contributed by atoms with Crippen LogP contribution in [0.1, 0.15) is 0 Å². The first kappa shape index (κ1) is 12.6. The third-order valence-electron chi connectivity index (χ3n) is 2.27. The van der Waals surface area contributed by atoms with E-state index < -0.39 is 6.09 Å². The number of aliphatic hydroxyl groups excluding tert-OH is 1. The van der Waals surface area contributed by atoms with Crippen LogP contribution in [0.15, 0.2) is 41.8 Å². The molecule has 4 nitrogen and oxygen atoms in total. The van der Waals surface area contributed by atoms with E-state index in [2.05, 4.69) is 5.32 Å². The van der Waals surface area contributed by atoms with Crippen LogP contribution in [-0.2, 0) is 4.74 Å². The van der Waals surface area contributed by atoms with Gasteiger partial charge in [0.05, 0.1) is 12.3 Å². The molecule has 2 N–H and O–H groups in total. The number of nitrogens with one attached hydrogen (secondary N) is 1. The minimum Gasteiger partial charge on any atom is -0.447 e.